The van der Waals surface area contributed by atoms with E-state index in [-0.39, 0.29) is 0 Å². The number of rotatable bonds is 5. The third kappa shape index (κ3) is 3.69. The lowest BCUT2D eigenvalue weighted by Gasteiger charge is -2.33. The van der Waals surface area contributed by atoms with E-state index in [0.29, 0.717) is 12.0 Å². The monoisotopic (exact) mass is 292 g/mol. The Hall–Kier alpha value is -1.16. The van der Waals surface area contributed by atoms with Crippen LogP contribution in [0.4, 0.5) is 5.69 Å². The fourth-order valence-electron chi connectivity index (χ4n) is 2.23. The minimum atomic E-state index is 0.397. The molecule has 1 aliphatic rings. The van der Waals surface area contributed by atoms with Crippen molar-refractivity contribution >= 4 is 22.6 Å². The normalized spacial score (nSPS) is 17.4. The van der Waals surface area contributed by atoms with Crippen molar-refractivity contribution in [3.05, 3.63) is 24.3 Å². The summed E-state index contributed by atoms with van der Waals surface area (Å²) in [4.78, 5) is 4.72. The quantitative estimate of drug-likeness (QED) is 0.873. The van der Waals surface area contributed by atoms with Gasteiger partial charge in [-0.15, -0.1) is 0 Å². The van der Waals surface area contributed by atoms with E-state index >= 15 is 0 Å². The molecular weight excluding hydrogens is 268 g/mol. The molecule has 0 bridgehead atoms. The molecule has 20 heavy (non-hydrogen) atoms. The first-order valence-electron chi connectivity index (χ1n) is 7.38. The number of hydrogen-bond donors (Lipinski definition) is 1. The fourth-order valence-corrected chi connectivity index (χ4v) is 3.52. The van der Waals surface area contributed by atoms with Crippen molar-refractivity contribution in [2.75, 3.05) is 24.2 Å². The maximum atomic E-state index is 5.44. The van der Waals surface area contributed by atoms with Gasteiger partial charge in [0.05, 0.1) is 6.61 Å². The van der Waals surface area contributed by atoms with Gasteiger partial charge >= 0.3 is 0 Å². The van der Waals surface area contributed by atoms with Gasteiger partial charge in [0, 0.05) is 18.0 Å². The molecule has 0 atom stereocenters. The first kappa shape index (κ1) is 15.2. The van der Waals surface area contributed by atoms with Gasteiger partial charge in [-0.1, -0.05) is 25.6 Å². The predicted octanol–water partition coefficient (Wildman–Crippen LogP) is 4.41. The first-order valence-corrected chi connectivity index (χ1v) is 8.37. The van der Waals surface area contributed by atoms with Crippen LogP contribution in [-0.4, -0.2) is 24.1 Å². The van der Waals surface area contributed by atoms with E-state index < -0.39 is 0 Å². The molecule has 1 N–H and O–H groups in total. The number of thioether (sulfide) groups is 1. The van der Waals surface area contributed by atoms with Gasteiger partial charge in [-0.25, -0.2) is 0 Å². The average Bonchev–Trinajstić information content (AvgIpc) is 2.51. The highest BCUT2D eigenvalue weighted by Crippen LogP contribution is 2.35. The largest absolute Gasteiger partial charge is 0.494 e. The molecule has 0 aromatic heterocycles. The van der Waals surface area contributed by atoms with Gasteiger partial charge in [0.25, 0.3) is 0 Å². The number of anilines is 1. The Bertz CT molecular complexity index is 452. The Morgan fingerprint density at radius 3 is 2.40 bits per heavy atom. The van der Waals surface area contributed by atoms with Gasteiger partial charge in [0.1, 0.15) is 5.75 Å². The zero-order valence-corrected chi connectivity index (χ0v) is 13.4. The molecule has 0 unspecified atom stereocenters. The van der Waals surface area contributed by atoms with Crippen molar-refractivity contribution in [3.63, 3.8) is 0 Å². The lowest BCUT2D eigenvalue weighted by atomic mass is 9.84. The summed E-state index contributed by atoms with van der Waals surface area (Å²) in [5.41, 5.74) is 1.47. The number of ether oxygens (including phenoxy) is 1. The van der Waals surface area contributed by atoms with E-state index in [1.165, 1.54) is 12.8 Å². The Morgan fingerprint density at radius 1 is 1.20 bits per heavy atom. The molecule has 0 saturated heterocycles. The summed E-state index contributed by atoms with van der Waals surface area (Å²) in [7, 11) is 0. The average molecular weight is 292 g/mol. The van der Waals surface area contributed by atoms with Gasteiger partial charge in [-0.05, 0) is 49.4 Å². The summed E-state index contributed by atoms with van der Waals surface area (Å²) in [6.45, 7) is 8.17. The molecule has 1 aliphatic heterocycles. The third-order valence-electron chi connectivity index (χ3n) is 3.99. The van der Waals surface area contributed by atoms with Crippen molar-refractivity contribution in [3.8, 4) is 5.75 Å². The van der Waals surface area contributed by atoms with Gasteiger partial charge in [-0.2, -0.15) is 0 Å². The van der Waals surface area contributed by atoms with Crippen molar-refractivity contribution < 1.29 is 4.74 Å². The second-order valence-electron chi connectivity index (χ2n) is 5.20. The highest BCUT2D eigenvalue weighted by atomic mass is 32.2. The minimum Gasteiger partial charge on any atom is -0.494 e. The van der Waals surface area contributed by atoms with E-state index in [1.807, 2.05) is 43.0 Å². The van der Waals surface area contributed by atoms with Crippen LogP contribution in [0.5, 0.6) is 5.75 Å². The summed E-state index contributed by atoms with van der Waals surface area (Å²) >= 11 is 1.84. The molecule has 1 aromatic rings. The lowest BCUT2D eigenvalue weighted by Crippen LogP contribution is -2.32. The van der Waals surface area contributed by atoms with Gasteiger partial charge in [0.15, 0.2) is 5.17 Å². The van der Waals surface area contributed by atoms with E-state index in [2.05, 4.69) is 19.2 Å². The van der Waals surface area contributed by atoms with Gasteiger partial charge in [0.2, 0.25) is 0 Å². The van der Waals surface area contributed by atoms with Crippen LogP contribution in [0.3, 0.4) is 0 Å². The summed E-state index contributed by atoms with van der Waals surface area (Å²) < 4.78 is 5.44. The number of benzene rings is 1. The lowest BCUT2D eigenvalue weighted by molar-refractivity contribution is 0.318. The smallest absolute Gasteiger partial charge is 0.161 e. The van der Waals surface area contributed by atoms with Crippen LogP contribution in [0.15, 0.2) is 29.3 Å². The summed E-state index contributed by atoms with van der Waals surface area (Å²) in [6, 6.07) is 8.05. The predicted molar refractivity (Wildman–Crippen MR) is 89.0 cm³/mol. The Morgan fingerprint density at radius 2 is 1.90 bits per heavy atom. The standard InChI is InChI=1S/C16H24N2OS/c1-4-16(5-2)11-17-15(20-12-16)18-13-7-9-14(10-8-13)19-6-3/h7-10H,4-6,11-12H2,1-3H3,(H,17,18). The zero-order valence-electron chi connectivity index (χ0n) is 12.6. The number of hydrogen-bond acceptors (Lipinski definition) is 4. The van der Waals surface area contributed by atoms with Crippen LogP contribution in [0.2, 0.25) is 0 Å². The maximum absolute atomic E-state index is 5.44. The minimum absolute atomic E-state index is 0.397. The molecule has 3 nitrogen and oxygen atoms in total. The molecule has 0 fully saturated rings. The molecule has 0 spiro atoms. The summed E-state index contributed by atoms with van der Waals surface area (Å²) in [5.74, 6) is 2.07. The second-order valence-corrected chi connectivity index (χ2v) is 6.16. The molecule has 0 saturated carbocycles. The number of nitrogens with one attached hydrogen (secondary N) is 1. The Balaban J connectivity index is 1.96. The van der Waals surface area contributed by atoms with Crippen LogP contribution in [0.25, 0.3) is 0 Å². The van der Waals surface area contributed by atoms with Crippen LogP contribution in [-0.2, 0) is 0 Å². The number of amidine groups is 1. The second kappa shape index (κ2) is 7.02. The number of aliphatic imine (C=N–C) groups is 1. The van der Waals surface area contributed by atoms with Crippen molar-refractivity contribution in [1.82, 2.24) is 0 Å². The van der Waals surface area contributed by atoms with E-state index in [9.17, 15) is 0 Å². The van der Waals surface area contributed by atoms with E-state index in [1.54, 1.807) is 0 Å². The molecule has 2 rings (SSSR count). The highest BCUT2D eigenvalue weighted by Gasteiger charge is 2.30. The van der Waals surface area contributed by atoms with Crippen molar-refractivity contribution in [1.29, 1.82) is 0 Å². The van der Waals surface area contributed by atoms with Crippen LogP contribution < -0.4 is 10.1 Å². The third-order valence-corrected chi connectivity index (χ3v) is 5.25. The summed E-state index contributed by atoms with van der Waals surface area (Å²) in [5, 5.41) is 4.43. The highest BCUT2D eigenvalue weighted by molar-refractivity contribution is 8.14. The molecule has 0 amide bonds. The molecule has 4 heteroatoms. The van der Waals surface area contributed by atoms with Crippen molar-refractivity contribution in [2.45, 2.75) is 33.6 Å². The molecule has 1 aromatic carbocycles. The molecular formula is C16H24N2OS. The number of nitrogens with zero attached hydrogens (tertiary/aromatic N) is 1. The van der Waals surface area contributed by atoms with Crippen LogP contribution >= 0.6 is 11.8 Å². The molecule has 0 radical (unpaired) electrons. The van der Waals surface area contributed by atoms with E-state index in [0.717, 1.165) is 28.9 Å². The van der Waals surface area contributed by atoms with Crippen LogP contribution in [0.1, 0.15) is 33.6 Å². The SMILES string of the molecule is CCOc1ccc(NC2=NCC(CC)(CC)CS2)cc1. The molecule has 1 heterocycles. The summed E-state index contributed by atoms with van der Waals surface area (Å²) in [6.07, 6.45) is 2.41. The van der Waals surface area contributed by atoms with Crippen LogP contribution in [0, 0.1) is 5.41 Å². The first-order chi connectivity index (χ1) is 9.71. The van der Waals surface area contributed by atoms with Gasteiger partial charge < -0.3 is 10.1 Å². The van der Waals surface area contributed by atoms with Crippen molar-refractivity contribution in [2.24, 2.45) is 10.4 Å². The fraction of sp³-hybridized carbons (Fsp3) is 0.562. The Labute approximate surface area is 126 Å². The van der Waals surface area contributed by atoms with Gasteiger partial charge in [-0.3, -0.25) is 4.99 Å². The topological polar surface area (TPSA) is 33.6 Å². The maximum Gasteiger partial charge on any atom is 0.161 e. The van der Waals surface area contributed by atoms with E-state index in [4.69, 9.17) is 9.73 Å². The molecule has 110 valence electrons. The molecule has 0 aliphatic carbocycles. The Kier molecular flexibility index (Phi) is 5.35. The zero-order chi connectivity index (χ0) is 14.4.